The minimum absolute atomic E-state index is 0.308. The molecule has 2 aliphatic carbocycles. The van der Waals surface area contributed by atoms with E-state index in [9.17, 15) is 14.7 Å². The van der Waals surface area contributed by atoms with Gasteiger partial charge in [0.25, 0.3) is 0 Å². The van der Waals surface area contributed by atoms with E-state index in [4.69, 9.17) is 0 Å². The number of hydrogen-bond donors (Lipinski definition) is 3. The summed E-state index contributed by atoms with van der Waals surface area (Å²) in [6.45, 7) is 0.657. The summed E-state index contributed by atoms with van der Waals surface area (Å²) in [6.07, 6.45) is 4.90. The monoisotopic (exact) mass is 288 g/mol. The molecule has 2 amide bonds. The van der Waals surface area contributed by atoms with Crippen LogP contribution in [0.5, 0.6) is 0 Å². The van der Waals surface area contributed by atoms with Crippen LogP contribution in [0.3, 0.4) is 0 Å². The zero-order valence-electron chi connectivity index (χ0n) is 11.8. The first kappa shape index (κ1) is 13.9. The van der Waals surface area contributed by atoms with Gasteiger partial charge in [0.2, 0.25) is 0 Å². The smallest absolute Gasteiger partial charge is 0.330 e. The van der Waals surface area contributed by atoms with E-state index in [1.807, 2.05) is 6.07 Å². The average molecular weight is 288 g/mol. The Morgan fingerprint density at radius 1 is 1.24 bits per heavy atom. The zero-order valence-corrected chi connectivity index (χ0v) is 11.8. The second kappa shape index (κ2) is 5.39. The van der Waals surface area contributed by atoms with Gasteiger partial charge in [-0.05, 0) is 42.6 Å². The predicted molar refractivity (Wildman–Crippen MR) is 77.7 cm³/mol. The van der Waals surface area contributed by atoms with Crippen molar-refractivity contribution in [3.8, 4) is 0 Å². The van der Waals surface area contributed by atoms with Gasteiger partial charge in [-0.1, -0.05) is 30.3 Å². The van der Waals surface area contributed by atoms with E-state index in [0.29, 0.717) is 17.5 Å². The van der Waals surface area contributed by atoms with Gasteiger partial charge in [-0.15, -0.1) is 0 Å². The van der Waals surface area contributed by atoms with Crippen LogP contribution in [0.4, 0.5) is 4.79 Å². The summed E-state index contributed by atoms with van der Waals surface area (Å²) < 4.78 is 0. The summed E-state index contributed by atoms with van der Waals surface area (Å²) >= 11 is 0. The Bertz CT molecular complexity index is 536. The van der Waals surface area contributed by atoms with E-state index in [0.717, 1.165) is 5.92 Å². The minimum Gasteiger partial charge on any atom is -0.479 e. The van der Waals surface area contributed by atoms with Gasteiger partial charge in [0.15, 0.2) is 6.04 Å². The van der Waals surface area contributed by atoms with Crippen LogP contribution >= 0.6 is 0 Å². The molecule has 5 nitrogen and oxygen atoms in total. The summed E-state index contributed by atoms with van der Waals surface area (Å²) in [5, 5.41) is 14.7. The number of carbonyl (C=O) groups is 2. The molecule has 0 heterocycles. The molecule has 1 unspecified atom stereocenters. The molecule has 2 fully saturated rings. The van der Waals surface area contributed by atoms with Gasteiger partial charge in [0, 0.05) is 6.54 Å². The lowest BCUT2D eigenvalue weighted by atomic mass is 10.0. The van der Waals surface area contributed by atoms with Crippen molar-refractivity contribution in [2.45, 2.75) is 31.7 Å². The number of nitrogens with one attached hydrogen (secondary N) is 2. The Labute approximate surface area is 123 Å². The van der Waals surface area contributed by atoms with Gasteiger partial charge < -0.3 is 15.7 Å². The van der Waals surface area contributed by atoms with Crippen LogP contribution in [-0.2, 0) is 4.79 Å². The second-order valence-electron chi connectivity index (χ2n) is 6.15. The number of carboxylic acid groups (broad SMARTS) is 1. The van der Waals surface area contributed by atoms with Crippen LogP contribution < -0.4 is 10.6 Å². The first-order valence-electron chi connectivity index (χ1n) is 7.43. The van der Waals surface area contributed by atoms with Crippen molar-refractivity contribution in [2.24, 2.45) is 11.3 Å². The van der Waals surface area contributed by atoms with Crippen LogP contribution in [0.2, 0.25) is 0 Å². The van der Waals surface area contributed by atoms with Crippen molar-refractivity contribution in [1.29, 1.82) is 0 Å². The molecule has 2 aliphatic rings. The van der Waals surface area contributed by atoms with Crippen molar-refractivity contribution in [3.05, 3.63) is 35.9 Å². The molecular formula is C16H20N2O3. The predicted octanol–water partition coefficient (Wildman–Crippen LogP) is 2.30. The van der Waals surface area contributed by atoms with Crippen molar-refractivity contribution >= 4 is 12.0 Å². The van der Waals surface area contributed by atoms with Crippen LogP contribution in [0.1, 0.15) is 37.3 Å². The highest BCUT2D eigenvalue weighted by molar-refractivity contribution is 5.83. The number of rotatable bonds is 6. The third-order valence-electron chi connectivity index (χ3n) is 4.59. The molecule has 3 N–H and O–H groups in total. The SMILES string of the molecule is O=C(NCC1(C2CC2)CC1)NC(C(=O)O)c1ccccc1. The standard InChI is InChI=1S/C16H20N2O3/c19-14(20)13(11-4-2-1-3-5-11)18-15(21)17-10-16(8-9-16)12-6-7-12/h1-5,12-13H,6-10H2,(H,19,20)(H2,17,18,21). The summed E-state index contributed by atoms with van der Waals surface area (Å²) in [6, 6.07) is 7.32. The van der Waals surface area contributed by atoms with Gasteiger partial charge in [-0.2, -0.15) is 0 Å². The molecule has 112 valence electrons. The Hall–Kier alpha value is -2.04. The fourth-order valence-electron chi connectivity index (χ4n) is 2.96. The van der Waals surface area contributed by atoms with Gasteiger partial charge in [-0.25, -0.2) is 9.59 Å². The van der Waals surface area contributed by atoms with E-state index in [2.05, 4.69) is 10.6 Å². The van der Waals surface area contributed by atoms with Crippen LogP contribution in [0, 0.1) is 11.3 Å². The molecule has 0 spiro atoms. The number of benzene rings is 1. The van der Waals surface area contributed by atoms with E-state index in [1.165, 1.54) is 25.7 Å². The maximum Gasteiger partial charge on any atom is 0.330 e. The van der Waals surface area contributed by atoms with E-state index in [1.54, 1.807) is 24.3 Å². The van der Waals surface area contributed by atoms with Crippen molar-refractivity contribution in [3.63, 3.8) is 0 Å². The first-order chi connectivity index (χ1) is 10.1. The fourth-order valence-corrected chi connectivity index (χ4v) is 2.96. The van der Waals surface area contributed by atoms with E-state index < -0.39 is 18.0 Å². The Morgan fingerprint density at radius 3 is 2.43 bits per heavy atom. The zero-order chi connectivity index (χ0) is 14.9. The lowest BCUT2D eigenvalue weighted by molar-refractivity contribution is -0.139. The summed E-state index contributed by atoms with van der Waals surface area (Å²) in [7, 11) is 0. The molecule has 0 radical (unpaired) electrons. The van der Waals surface area contributed by atoms with Gasteiger partial charge >= 0.3 is 12.0 Å². The van der Waals surface area contributed by atoms with Gasteiger partial charge in [0.05, 0.1) is 0 Å². The van der Waals surface area contributed by atoms with Crippen LogP contribution in [-0.4, -0.2) is 23.7 Å². The quantitative estimate of drug-likeness (QED) is 0.751. The molecule has 1 aromatic carbocycles. The minimum atomic E-state index is -1.06. The molecule has 1 atom stereocenters. The second-order valence-corrected chi connectivity index (χ2v) is 6.15. The molecule has 0 aliphatic heterocycles. The number of hydrogen-bond acceptors (Lipinski definition) is 2. The maximum atomic E-state index is 12.0. The van der Waals surface area contributed by atoms with Gasteiger partial charge in [0.1, 0.15) is 0 Å². The highest BCUT2D eigenvalue weighted by Gasteiger charge is 2.53. The van der Waals surface area contributed by atoms with Crippen LogP contribution in [0.25, 0.3) is 0 Å². The third kappa shape index (κ3) is 3.17. The number of carbonyl (C=O) groups excluding carboxylic acids is 1. The van der Waals surface area contributed by atoms with E-state index in [-0.39, 0.29) is 0 Å². The molecule has 0 bridgehead atoms. The number of urea groups is 1. The number of amides is 2. The summed E-state index contributed by atoms with van der Waals surface area (Å²) in [5.41, 5.74) is 0.881. The van der Waals surface area contributed by atoms with Gasteiger partial charge in [-0.3, -0.25) is 0 Å². The normalized spacial score (nSPS) is 20.4. The molecule has 21 heavy (non-hydrogen) atoms. The number of aliphatic carboxylic acids is 1. The van der Waals surface area contributed by atoms with E-state index >= 15 is 0 Å². The molecule has 3 rings (SSSR count). The van der Waals surface area contributed by atoms with Crippen molar-refractivity contribution in [2.75, 3.05) is 6.54 Å². The highest BCUT2D eigenvalue weighted by Crippen LogP contribution is 2.60. The molecular weight excluding hydrogens is 268 g/mol. The molecule has 0 aromatic heterocycles. The van der Waals surface area contributed by atoms with Crippen molar-refractivity contribution in [1.82, 2.24) is 10.6 Å². The summed E-state index contributed by atoms with van der Waals surface area (Å²) in [4.78, 5) is 23.3. The Morgan fingerprint density at radius 2 is 1.90 bits per heavy atom. The molecule has 5 heteroatoms. The number of carboxylic acids is 1. The molecule has 2 saturated carbocycles. The fraction of sp³-hybridized carbons (Fsp3) is 0.500. The third-order valence-corrected chi connectivity index (χ3v) is 4.59. The van der Waals surface area contributed by atoms with Crippen molar-refractivity contribution < 1.29 is 14.7 Å². The first-order valence-corrected chi connectivity index (χ1v) is 7.43. The Balaban J connectivity index is 1.55. The molecule has 0 saturated heterocycles. The van der Waals surface area contributed by atoms with Crippen LogP contribution in [0.15, 0.2) is 30.3 Å². The summed E-state index contributed by atoms with van der Waals surface area (Å²) in [5.74, 6) is -0.290. The molecule has 1 aromatic rings. The lowest BCUT2D eigenvalue weighted by Gasteiger charge is -2.18. The lowest BCUT2D eigenvalue weighted by Crippen LogP contribution is -2.43. The Kier molecular flexibility index (Phi) is 3.57. The average Bonchev–Trinajstić information content (AvgIpc) is 3.36. The largest absolute Gasteiger partial charge is 0.479 e. The topological polar surface area (TPSA) is 78.4 Å². The maximum absolute atomic E-state index is 12.0. The highest BCUT2D eigenvalue weighted by atomic mass is 16.4.